The lowest BCUT2D eigenvalue weighted by molar-refractivity contribution is 0.293. The van der Waals surface area contributed by atoms with Gasteiger partial charge in [0.15, 0.2) is 0 Å². The average Bonchev–Trinajstić information content (AvgIpc) is 2.98. The third-order valence-electron chi connectivity index (χ3n) is 4.74. The third-order valence-corrected chi connectivity index (χ3v) is 6.33. The Morgan fingerprint density at radius 1 is 1.17 bits per heavy atom. The van der Waals surface area contributed by atoms with Gasteiger partial charge < -0.3 is 4.90 Å². The molecule has 1 aromatic carbocycles. The van der Waals surface area contributed by atoms with Crippen molar-refractivity contribution < 1.29 is 8.42 Å². The molecule has 1 N–H and O–H groups in total. The maximum atomic E-state index is 12.5. The number of benzene rings is 1. The predicted octanol–water partition coefficient (Wildman–Crippen LogP) is 2.96. The van der Waals surface area contributed by atoms with Gasteiger partial charge in [-0.3, -0.25) is 0 Å². The van der Waals surface area contributed by atoms with Crippen LogP contribution in [0, 0.1) is 0 Å². The van der Waals surface area contributed by atoms with E-state index in [-0.39, 0.29) is 6.04 Å². The Morgan fingerprint density at radius 2 is 1.87 bits per heavy atom. The van der Waals surface area contributed by atoms with Gasteiger partial charge in [-0.05, 0) is 81.9 Å². The summed E-state index contributed by atoms with van der Waals surface area (Å²) in [6, 6.07) is 5.54. The van der Waals surface area contributed by atoms with Crippen molar-refractivity contribution in [1.29, 1.82) is 0 Å². The van der Waals surface area contributed by atoms with E-state index in [1.165, 1.54) is 11.1 Å². The number of aryl methyl sites for hydroxylation is 2. The number of nitrogens with one attached hydrogen (secondary N) is 1. The molecule has 4 nitrogen and oxygen atoms in total. The van der Waals surface area contributed by atoms with Gasteiger partial charge in [0, 0.05) is 6.04 Å². The minimum atomic E-state index is -3.41. The Kier molecular flexibility index (Phi) is 6.62. The van der Waals surface area contributed by atoms with Gasteiger partial charge in [-0.25, -0.2) is 13.1 Å². The van der Waals surface area contributed by atoms with E-state index in [9.17, 15) is 8.42 Å². The van der Waals surface area contributed by atoms with Crippen LogP contribution in [0.3, 0.4) is 0 Å². The van der Waals surface area contributed by atoms with Crippen LogP contribution in [0.2, 0.25) is 0 Å². The summed E-state index contributed by atoms with van der Waals surface area (Å²) in [7, 11) is -3.41. The van der Waals surface area contributed by atoms with E-state index in [2.05, 4.69) is 23.5 Å². The molecule has 23 heavy (non-hydrogen) atoms. The number of hydrogen-bond donors (Lipinski definition) is 1. The summed E-state index contributed by atoms with van der Waals surface area (Å²) < 4.78 is 27.9. The SMILES string of the molecule is CCN(CC)CCC[C@H](C)NS(=O)(=O)c1ccc2c(c1)CCC2. The van der Waals surface area contributed by atoms with Crippen molar-refractivity contribution in [3.8, 4) is 0 Å². The lowest BCUT2D eigenvalue weighted by Crippen LogP contribution is -2.33. The van der Waals surface area contributed by atoms with Crippen molar-refractivity contribution in [1.82, 2.24) is 9.62 Å². The van der Waals surface area contributed by atoms with Crippen LogP contribution in [-0.2, 0) is 22.9 Å². The second kappa shape index (κ2) is 8.27. The average molecular weight is 339 g/mol. The molecule has 0 heterocycles. The highest BCUT2D eigenvalue weighted by Gasteiger charge is 2.20. The molecule has 0 unspecified atom stereocenters. The predicted molar refractivity (Wildman–Crippen MR) is 95.3 cm³/mol. The largest absolute Gasteiger partial charge is 0.304 e. The van der Waals surface area contributed by atoms with Gasteiger partial charge in [0.2, 0.25) is 10.0 Å². The van der Waals surface area contributed by atoms with E-state index in [1.807, 2.05) is 19.1 Å². The lowest BCUT2D eigenvalue weighted by Gasteiger charge is -2.20. The molecule has 1 aromatic rings. The van der Waals surface area contributed by atoms with Gasteiger partial charge in [0.05, 0.1) is 4.90 Å². The molecular weight excluding hydrogens is 308 g/mol. The van der Waals surface area contributed by atoms with Crippen LogP contribution in [0.4, 0.5) is 0 Å². The van der Waals surface area contributed by atoms with Crippen molar-refractivity contribution in [2.24, 2.45) is 0 Å². The van der Waals surface area contributed by atoms with Crippen LogP contribution in [0.5, 0.6) is 0 Å². The van der Waals surface area contributed by atoms with Gasteiger partial charge in [0.1, 0.15) is 0 Å². The fraction of sp³-hybridized carbons (Fsp3) is 0.667. The summed E-state index contributed by atoms with van der Waals surface area (Å²) >= 11 is 0. The number of hydrogen-bond acceptors (Lipinski definition) is 3. The molecular formula is C18H30N2O2S. The summed E-state index contributed by atoms with van der Waals surface area (Å²) in [6.07, 6.45) is 5.08. The Bertz CT molecular complexity index is 609. The second-order valence-electron chi connectivity index (χ2n) is 6.48. The summed E-state index contributed by atoms with van der Waals surface area (Å²) in [5.74, 6) is 0. The fourth-order valence-corrected chi connectivity index (χ4v) is 4.60. The van der Waals surface area contributed by atoms with Crippen molar-refractivity contribution in [3.05, 3.63) is 29.3 Å². The molecule has 1 aliphatic carbocycles. The van der Waals surface area contributed by atoms with Gasteiger partial charge in [-0.15, -0.1) is 0 Å². The summed E-state index contributed by atoms with van der Waals surface area (Å²) in [5.41, 5.74) is 2.50. The number of fused-ring (bicyclic) bond motifs is 1. The van der Waals surface area contributed by atoms with Gasteiger partial charge in [-0.2, -0.15) is 0 Å². The first-order valence-electron chi connectivity index (χ1n) is 8.82. The molecule has 1 atom stereocenters. The normalized spacial score (nSPS) is 15.8. The third kappa shape index (κ3) is 5.03. The molecule has 0 bridgehead atoms. The van der Waals surface area contributed by atoms with E-state index >= 15 is 0 Å². The number of sulfonamides is 1. The van der Waals surface area contributed by atoms with E-state index in [4.69, 9.17) is 0 Å². The molecule has 0 radical (unpaired) electrons. The van der Waals surface area contributed by atoms with Crippen LogP contribution in [-0.4, -0.2) is 39.0 Å². The van der Waals surface area contributed by atoms with E-state index in [0.29, 0.717) is 4.90 Å². The molecule has 1 aliphatic rings. The molecule has 0 spiro atoms. The maximum absolute atomic E-state index is 12.5. The quantitative estimate of drug-likeness (QED) is 0.753. The van der Waals surface area contributed by atoms with Crippen molar-refractivity contribution in [2.75, 3.05) is 19.6 Å². The van der Waals surface area contributed by atoms with Gasteiger partial charge >= 0.3 is 0 Å². The van der Waals surface area contributed by atoms with Crippen LogP contribution >= 0.6 is 0 Å². The minimum Gasteiger partial charge on any atom is -0.304 e. The summed E-state index contributed by atoms with van der Waals surface area (Å²) in [5, 5.41) is 0. The number of nitrogens with zero attached hydrogens (tertiary/aromatic N) is 1. The van der Waals surface area contributed by atoms with Crippen molar-refractivity contribution in [3.63, 3.8) is 0 Å². The zero-order valence-electron chi connectivity index (χ0n) is 14.6. The van der Waals surface area contributed by atoms with E-state index in [1.54, 1.807) is 6.07 Å². The smallest absolute Gasteiger partial charge is 0.240 e. The summed E-state index contributed by atoms with van der Waals surface area (Å²) in [6.45, 7) is 9.38. The Morgan fingerprint density at radius 3 is 2.57 bits per heavy atom. The van der Waals surface area contributed by atoms with Gasteiger partial charge in [0.25, 0.3) is 0 Å². The first-order valence-corrected chi connectivity index (χ1v) is 10.3. The highest BCUT2D eigenvalue weighted by molar-refractivity contribution is 7.89. The zero-order valence-corrected chi connectivity index (χ0v) is 15.5. The molecule has 0 aliphatic heterocycles. The maximum Gasteiger partial charge on any atom is 0.240 e. The zero-order chi connectivity index (χ0) is 16.9. The van der Waals surface area contributed by atoms with E-state index in [0.717, 1.165) is 51.7 Å². The van der Waals surface area contributed by atoms with Crippen LogP contribution in [0.25, 0.3) is 0 Å². The monoisotopic (exact) mass is 338 g/mol. The topological polar surface area (TPSA) is 49.4 Å². The molecule has 2 rings (SSSR count). The highest BCUT2D eigenvalue weighted by atomic mass is 32.2. The van der Waals surface area contributed by atoms with Crippen molar-refractivity contribution >= 4 is 10.0 Å². The molecule has 0 amide bonds. The molecule has 0 aromatic heterocycles. The molecule has 0 fully saturated rings. The fourth-order valence-electron chi connectivity index (χ4n) is 3.27. The van der Waals surface area contributed by atoms with Crippen LogP contribution in [0.15, 0.2) is 23.1 Å². The summed E-state index contributed by atoms with van der Waals surface area (Å²) in [4.78, 5) is 2.77. The standard InChI is InChI=1S/C18H30N2O2S/c1-4-20(5-2)13-7-8-15(3)19-23(21,22)18-12-11-16-9-6-10-17(16)14-18/h11-12,14-15,19H,4-10,13H2,1-3H3/t15-/m0/s1. The van der Waals surface area contributed by atoms with E-state index < -0.39 is 10.0 Å². The molecule has 5 heteroatoms. The first kappa shape index (κ1) is 18.4. The van der Waals surface area contributed by atoms with Crippen LogP contribution < -0.4 is 4.72 Å². The Labute approximate surface area is 141 Å². The highest BCUT2D eigenvalue weighted by Crippen LogP contribution is 2.24. The minimum absolute atomic E-state index is 0.0381. The number of rotatable bonds is 9. The molecule has 0 saturated heterocycles. The Hall–Kier alpha value is -0.910. The second-order valence-corrected chi connectivity index (χ2v) is 8.19. The lowest BCUT2D eigenvalue weighted by atomic mass is 10.1. The Balaban J connectivity index is 1.90. The molecule has 130 valence electrons. The van der Waals surface area contributed by atoms with Crippen LogP contribution in [0.1, 0.15) is 51.2 Å². The van der Waals surface area contributed by atoms with Crippen molar-refractivity contribution in [2.45, 2.75) is 63.8 Å². The van der Waals surface area contributed by atoms with Gasteiger partial charge in [-0.1, -0.05) is 19.9 Å². The molecule has 0 saturated carbocycles. The first-order chi connectivity index (χ1) is 11.0.